The first kappa shape index (κ1) is 23.4. The fraction of sp³-hybridized carbons (Fsp3) is 0.400. The zero-order valence-corrected chi connectivity index (χ0v) is 18.9. The fourth-order valence-corrected chi connectivity index (χ4v) is 3.70. The van der Waals surface area contributed by atoms with Crippen LogP contribution in [0.1, 0.15) is 46.1 Å². The lowest BCUT2D eigenvalue weighted by molar-refractivity contribution is -0.140. The van der Waals surface area contributed by atoms with Crippen LogP contribution in [0.2, 0.25) is 0 Å². The van der Waals surface area contributed by atoms with Gasteiger partial charge in [0.05, 0.1) is 18.7 Å². The van der Waals surface area contributed by atoms with E-state index < -0.39 is 11.9 Å². The van der Waals surface area contributed by atoms with Crippen molar-refractivity contribution in [3.8, 4) is 5.75 Å². The minimum absolute atomic E-state index is 0.0941. The minimum atomic E-state index is -0.908. The van der Waals surface area contributed by atoms with Gasteiger partial charge in [0.25, 0.3) is 5.91 Å². The van der Waals surface area contributed by atoms with Crippen molar-refractivity contribution in [2.24, 2.45) is 5.41 Å². The van der Waals surface area contributed by atoms with Gasteiger partial charge in [-0.05, 0) is 54.3 Å². The van der Waals surface area contributed by atoms with E-state index in [1.54, 1.807) is 36.4 Å². The molecule has 0 N–H and O–H groups in total. The highest BCUT2D eigenvalue weighted by Crippen LogP contribution is 2.30. The van der Waals surface area contributed by atoms with Crippen molar-refractivity contribution >= 4 is 23.4 Å². The van der Waals surface area contributed by atoms with Crippen LogP contribution in [0.3, 0.4) is 0 Å². The van der Waals surface area contributed by atoms with Crippen LogP contribution in [0.5, 0.6) is 5.75 Å². The van der Waals surface area contributed by atoms with Crippen molar-refractivity contribution in [1.29, 1.82) is 0 Å². The van der Waals surface area contributed by atoms with Gasteiger partial charge in [-0.3, -0.25) is 14.4 Å². The highest BCUT2D eigenvalue weighted by Gasteiger charge is 2.44. The molecule has 2 aromatic carbocycles. The lowest BCUT2D eigenvalue weighted by Crippen LogP contribution is -2.46. The predicted octanol–water partition coefficient (Wildman–Crippen LogP) is 4.32. The minimum Gasteiger partial charge on any atom is -0.494 e. The maximum atomic E-state index is 13.3. The van der Waals surface area contributed by atoms with Gasteiger partial charge in [-0.1, -0.05) is 32.9 Å². The van der Waals surface area contributed by atoms with Gasteiger partial charge in [0.1, 0.15) is 17.6 Å². The van der Waals surface area contributed by atoms with Crippen LogP contribution in [0.25, 0.3) is 0 Å². The standard InChI is InChI=1S/C25H29FN2O4/c1-5-32-20-12-10-19(11-13-20)28-22(29)14-21(24(28)31)27(23(30)15-25(2,3)4)16-17-6-8-18(26)9-7-17/h6-13,21H,5,14-16H2,1-4H3. The number of carbonyl (C=O) groups is 3. The summed E-state index contributed by atoms with van der Waals surface area (Å²) < 4.78 is 18.8. The van der Waals surface area contributed by atoms with Gasteiger partial charge in [-0.2, -0.15) is 0 Å². The summed E-state index contributed by atoms with van der Waals surface area (Å²) in [7, 11) is 0. The summed E-state index contributed by atoms with van der Waals surface area (Å²) in [6.07, 6.45) is 0.123. The van der Waals surface area contributed by atoms with E-state index in [0.717, 1.165) is 4.90 Å². The second kappa shape index (κ2) is 9.51. The zero-order chi connectivity index (χ0) is 23.5. The van der Waals surface area contributed by atoms with Crippen molar-refractivity contribution in [1.82, 2.24) is 4.90 Å². The normalized spacial score (nSPS) is 16.4. The number of rotatable bonds is 7. The number of hydrogen-bond donors (Lipinski definition) is 0. The second-order valence-electron chi connectivity index (χ2n) is 9.10. The Labute approximate surface area is 188 Å². The Balaban J connectivity index is 1.88. The zero-order valence-electron chi connectivity index (χ0n) is 18.9. The van der Waals surface area contributed by atoms with E-state index in [0.29, 0.717) is 23.6 Å². The van der Waals surface area contributed by atoms with Gasteiger partial charge in [-0.25, -0.2) is 9.29 Å². The number of amides is 3. The number of benzene rings is 2. The lowest BCUT2D eigenvalue weighted by atomic mass is 9.91. The van der Waals surface area contributed by atoms with Gasteiger partial charge in [0.15, 0.2) is 0 Å². The molecule has 0 bridgehead atoms. The molecule has 0 aliphatic carbocycles. The smallest absolute Gasteiger partial charge is 0.257 e. The first-order valence-corrected chi connectivity index (χ1v) is 10.7. The van der Waals surface area contributed by atoms with Crippen LogP contribution in [0.15, 0.2) is 48.5 Å². The van der Waals surface area contributed by atoms with Gasteiger partial charge in [0, 0.05) is 13.0 Å². The quantitative estimate of drug-likeness (QED) is 0.602. The third-order valence-electron chi connectivity index (χ3n) is 5.17. The summed E-state index contributed by atoms with van der Waals surface area (Å²) in [5, 5.41) is 0. The molecule has 1 fully saturated rings. The molecule has 0 spiro atoms. The number of imide groups is 1. The third-order valence-corrected chi connectivity index (χ3v) is 5.17. The molecule has 0 radical (unpaired) electrons. The molecule has 6 nitrogen and oxygen atoms in total. The Morgan fingerprint density at radius 1 is 1.09 bits per heavy atom. The molecule has 7 heteroatoms. The van der Waals surface area contributed by atoms with Crippen LogP contribution in [-0.4, -0.2) is 35.3 Å². The van der Waals surface area contributed by atoms with Crippen molar-refractivity contribution in [2.75, 3.05) is 11.5 Å². The Morgan fingerprint density at radius 2 is 1.72 bits per heavy atom. The Bertz CT molecular complexity index is 980. The second-order valence-corrected chi connectivity index (χ2v) is 9.10. The van der Waals surface area contributed by atoms with Crippen molar-refractivity contribution in [3.05, 3.63) is 59.9 Å². The molecule has 0 aromatic heterocycles. The summed E-state index contributed by atoms with van der Waals surface area (Å²) in [4.78, 5) is 41.9. The highest BCUT2D eigenvalue weighted by molar-refractivity contribution is 6.23. The molecule has 1 heterocycles. The molecule has 32 heavy (non-hydrogen) atoms. The molecular weight excluding hydrogens is 411 g/mol. The van der Waals surface area contributed by atoms with Crippen LogP contribution in [-0.2, 0) is 20.9 Å². The van der Waals surface area contributed by atoms with E-state index in [9.17, 15) is 18.8 Å². The maximum absolute atomic E-state index is 13.3. The van der Waals surface area contributed by atoms with Crippen LogP contribution in [0, 0.1) is 11.2 Å². The van der Waals surface area contributed by atoms with E-state index in [2.05, 4.69) is 0 Å². The lowest BCUT2D eigenvalue weighted by Gasteiger charge is -2.30. The SMILES string of the molecule is CCOc1ccc(N2C(=O)CC(N(Cc3ccc(F)cc3)C(=O)CC(C)(C)C)C2=O)cc1. The molecule has 1 aliphatic rings. The largest absolute Gasteiger partial charge is 0.494 e. The number of ether oxygens (including phenoxy) is 1. The molecule has 1 atom stereocenters. The van der Waals surface area contributed by atoms with Crippen molar-refractivity contribution in [3.63, 3.8) is 0 Å². The number of hydrogen-bond acceptors (Lipinski definition) is 4. The highest BCUT2D eigenvalue weighted by atomic mass is 19.1. The van der Waals surface area contributed by atoms with Crippen molar-refractivity contribution < 1.29 is 23.5 Å². The first-order valence-electron chi connectivity index (χ1n) is 10.7. The van der Waals surface area contributed by atoms with E-state index in [1.165, 1.54) is 17.0 Å². The van der Waals surface area contributed by atoms with Gasteiger partial charge in [0.2, 0.25) is 11.8 Å². The van der Waals surface area contributed by atoms with E-state index >= 15 is 0 Å². The molecule has 1 unspecified atom stereocenters. The van der Waals surface area contributed by atoms with E-state index in [4.69, 9.17) is 4.74 Å². The van der Waals surface area contributed by atoms with Crippen LogP contribution < -0.4 is 9.64 Å². The summed E-state index contributed by atoms with van der Waals surface area (Å²) >= 11 is 0. The van der Waals surface area contributed by atoms with Gasteiger partial charge < -0.3 is 9.64 Å². The molecule has 3 rings (SSSR count). The number of carbonyl (C=O) groups excluding carboxylic acids is 3. The molecular formula is C25H29FN2O4. The van der Waals surface area contributed by atoms with Gasteiger partial charge >= 0.3 is 0 Å². The summed E-state index contributed by atoms with van der Waals surface area (Å²) in [5.74, 6) is -0.762. The molecule has 0 saturated carbocycles. The summed E-state index contributed by atoms with van der Waals surface area (Å²) in [5.41, 5.74) is 0.836. The monoisotopic (exact) mass is 440 g/mol. The molecule has 1 aliphatic heterocycles. The first-order chi connectivity index (χ1) is 15.1. The molecule has 3 amide bonds. The average molecular weight is 441 g/mol. The predicted molar refractivity (Wildman–Crippen MR) is 120 cm³/mol. The number of halogens is 1. The van der Waals surface area contributed by atoms with Crippen LogP contribution in [0.4, 0.5) is 10.1 Å². The Hall–Kier alpha value is -3.22. The summed E-state index contributed by atoms with van der Waals surface area (Å²) in [6.45, 7) is 8.32. The number of nitrogens with zero attached hydrogens (tertiary/aromatic N) is 2. The summed E-state index contributed by atoms with van der Waals surface area (Å²) in [6, 6.07) is 11.6. The maximum Gasteiger partial charge on any atom is 0.257 e. The topological polar surface area (TPSA) is 66.9 Å². The number of anilines is 1. The average Bonchev–Trinajstić information content (AvgIpc) is 3.01. The molecule has 170 valence electrons. The van der Waals surface area contributed by atoms with Crippen molar-refractivity contribution in [2.45, 2.75) is 53.1 Å². The van der Waals surface area contributed by atoms with E-state index in [-0.39, 0.29) is 42.4 Å². The van der Waals surface area contributed by atoms with Gasteiger partial charge in [-0.15, -0.1) is 0 Å². The Morgan fingerprint density at radius 3 is 2.28 bits per heavy atom. The van der Waals surface area contributed by atoms with Crippen LogP contribution >= 0.6 is 0 Å². The fourth-order valence-electron chi connectivity index (χ4n) is 3.70. The third kappa shape index (κ3) is 5.52. The van der Waals surface area contributed by atoms with E-state index in [1.807, 2.05) is 27.7 Å². The molecule has 2 aromatic rings. The molecule has 1 saturated heterocycles. The Kier molecular flexibility index (Phi) is 6.96.